The van der Waals surface area contributed by atoms with Gasteiger partial charge in [0.15, 0.2) is 0 Å². The van der Waals surface area contributed by atoms with Gasteiger partial charge in [-0.1, -0.05) is 79.9 Å². The van der Waals surface area contributed by atoms with E-state index in [0.29, 0.717) is 11.2 Å². The summed E-state index contributed by atoms with van der Waals surface area (Å²) < 4.78 is 2.09. The Hall–Kier alpha value is -5.00. The van der Waals surface area contributed by atoms with Crippen LogP contribution in [-0.4, -0.2) is 14.4 Å². The van der Waals surface area contributed by atoms with E-state index in [0.717, 1.165) is 43.4 Å². The van der Waals surface area contributed by atoms with E-state index < -0.39 is 0 Å². The van der Waals surface area contributed by atoms with Crippen LogP contribution >= 0.6 is 0 Å². The molecule has 4 aromatic carbocycles. The highest BCUT2D eigenvalue weighted by Gasteiger charge is 2.24. The molecule has 3 heterocycles. The summed E-state index contributed by atoms with van der Waals surface area (Å²) in [4.78, 5) is 16.4. The molecule has 7 rings (SSSR count). The quantitative estimate of drug-likeness (QED) is 0.188. The van der Waals surface area contributed by atoms with Gasteiger partial charge in [-0.3, -0.25) is 4.40 Å². The molecule has 33 heavy (non-hydrogen) atoms. The molecular formula is C28H13N5. The standard InChI is InChI=1S/C28H13N5/c1-29-26-27(30-2)32-28-25(31-26)24-20-13-7-5-11-18(20)17-10-4-6-12-19(17)23(24)22-15-16-9-3-8-14-21(16)33(22)28/h3-15H. The number of nitrogens with zero attached hydrogens (tertiary/aromatic N) is 5. The van der Waals surface area contributed by atoms with Gasteiger partial charge in [0.2, 0.25) is 5.52 Å². The molecule has 0 N–H and O–H groups in total. The Morgan fingerprint density at radius 2 is 1.18 bits per heavy atom. The molecular weight excluding hydrogens is 406 g/mol. The van der Waals surface area contributed by atoms with Gasteiger partial charge >= 0.3 is 0 Å². The Morgan fingerprint density at radius 1 is 0.606 bits per heavy atom. The van der Waals surface area contributed by atoms with Crippen LogP contribution in [0.3, 0.4) is 0 Å². The molecule has 0 unspecified atom stereocenters. The molecule has 0 aliphatic carbocycles. The summed E-state index contributed by atoms with van der Waals surface area (Å²) in [6.07, 6.45) is 0. The second kappa shape index (κ2) is 6.26. The van der Waals surface area contributed by atoms with Crippen molar-refractivity contribution in [2.45, 2.75) is 0 Å². The molecule has 0 amide bonds. The normalized spacial score (nSPS) is 11.6. The molecule has 0 saturated carbocycles. The van der Waals surface area contributed by atoms with Gasteiger partial charge < -0.3 is 9.69 Å². The first kappa shape index (κ1) is 17.7. The minimum absolute atomic E-state index is 0.0287. The van der Waals surface area contributed by atoms with Crippen molar-refractivity contribution in [1.29, 1.82) is 0 Å². The van der Waals surface area contributed by atoms with Crippen LogP contribution in [0.1, 0.15) is 0 Å². The van der Waals surface area contributed by atoms with E-state index in [2.05, 4.69) is 73.7 Å². The van der Waals surface area contributed by atoms with Crippen LogP contribution in [0.25, 0.3) is 69.6 Å². The summed E-state index contributed by atoms with van der Waals surface area (Å²) in [6.45, 7) is 15.2. The van der Waals surface area contributed by atoms with E-state index in [1.165, 1.54) is 5.39 Å². The second-order valence-electron chi connectivity index (χ2n) is 8.03. The lowest BCUT2D eigenvalue weighted by Gasteiger charge is -2.12. The van der Waals surface area contributed by atoms with Gasteiger partial charge in [0.1, 0.15) is 0 Å². The average molecular weight is 419 g/mol. The zero-order chi connectivity index (χ0) is 22.1. The number of para-hydroxylation sites is 1. The number of hydrogen-bond acceptors (Lipinski definition) is 2. The Bertz CT molecular complexity index is 2050. The molecule has 7 aromatic rings. The Balaban J connectivity index is 1.96. The van der Waals surface area contributed by atoms with E-state index in [-0.39, 0.29) is 11.6 Å². The molecule has 0 fully saturated rings. The van der Waals surface area contributed by atoms with Gasteiger partial charge in [-0.2, -0.15) is 0 Å². The minimum atomic E-state index is 0.0287. The van der Waals surface area contributed by atoms with Crippen molar-refractivity contribution in [3.8, 4) is 0 Å². The maximum atomic E-state index is 7.60. The molecule has 0 radical (unpaired) electrons. The molecule has 0 spiro atoms. The van der Waals surface area contributed by atoms with Gasteiger partial charge in [0.25, 0.3) is 17.3 Å². The molecule has 5 nitrogen and oxygen atoms in total. The molecule has 5 heteroatoms. The number of pyridine rings is 1. The Kier molecular flexibility index (Phi) is 3.35. The van der Waals surface area contributed by atoms with E-state index in [1.54, 1.807) is 0 Å². The van der Waals surface area contributed by atoms with Crippen LogP contribution < -0.4 is 0 Å². The largest absolute Gasteiger partial charge is 0.370 e. The number of hydrogen-bond donors (Lipinski definition) is 0. The summed E-state index contributed by atoms with van der Waals surface area (Å²) in [7, 11) is 0. The number of rotatable bonds is 0. The lowest BCUT2D eigenvalue weighted by atomic mass is 9.94. The SMILES string of the molecule is [C-]#[N+]c1nc2c3c4ccccc4c4ccccc4c3c3cc4ccccc4n3c2nc1[N+]#[C-]. The van der Waals surface area contributed by atoms with E-state index in [1.807, 2.05) is 24.3 Å². The zero-order valence-corrected chi connectivity index (χ0v) is 17.2. The van der Waals surface area contributed by atoms with Crippen molar-refractivity contribution in [3.63, 3.8) is 0 Å². The van der Waals surface area contributed by atoms with Gasteiger partial charge in [-0.05, 0) is 33.7 Å². The molecule has 0 aliphatic rings. The second-order valence-corrected chi connectivity index (χ2v) is 8.03. The van der Waals surface area contributed by atoms with Crippen molar-refractivity contribution in [2.24, 2.45) is 0 Å². The zero-order valence-electron chi connectivity index (χ0n) is 17.2. The first-order valence-electron chi connectivity index (χ1n) is 10.5. The Labute approximate surface area is 187 Å². The molecule has 150 valence electrons. The van der Waals surface area contributed by atoms with Gasteiger partial charge in [0, 0.05) is 16.2 Å². The third-order valence-corrected chi connectivity index (χ3v) is 6.40. The fourth-order valence-electron chi connectivity index (χ4n) is 5.10. The van der Waals surface area contributed by atoms with Crippen LogP contribution in [0.4, 0.5) is 11.6 Å². The molecule has 3 aromatic heterocycles. The van der Waals surface area contributed by atoms with Crippen LogP contribution in [0.15, 0.2) is 78.9 Å². The lowest BCUT2D eigenvalue weighted by Crippen LogP contribution is -1.97. The topological polar surface area (TPSA) is 38.9 Å². The van der Waals surface area contributed by atoms with Gasteiger partial charge in [-0.15, -0.1) is 9.97 Å². The summed E-state index contributed by atoms with van der Waals surface area (Å²) in [6, 6.07) is 27.0. The highest BCUT2D eigenvalue weighted by atomic mass is 15.1. The predicted octanol–water partition coefficient (Wildman–Crippen LogP) is 7.60. The lowest BCUT2D eigenvalue weighted by molar-refractivity contribution is 1.23. The van der Waals surface area contributed by atoms with Crippen molar-refractivity contribution >= 4 is 71.5 Å². The van der Waals surface area contributed by atoms with Gasteiger partial charge in [-0.25, -0.2) is 0 Å². The number of aromatic nitrogens is 3. The summed E-state index contributed by atoms with van der Waals surface area (Å²) in [5.74, 6) is 0.0628. The molecule has 0 bridgehead atoms. The third kappa shape index (κ3) is 2.18. The summed E-state index contributed by atoms with van der Waals surface area (Å²) in [5.41, 5.74) is 3.25. The molecule has 0 atom stereocenters. The van der Waals surface area contributed by atoms with Crippen molar-refractivity contribution in [3.05, 3.63) is 102 Å². The smallest absolute Gasteiger partial charge is 0.295 e. The molecule has 0 saturated heterocycles. The van der Waals surface area contributed by atoms with Crippen LogP contribution in [0.5, 0.6) is 0 Å². The van der Waals surface area contributed by atoms with Crippen molar-refractivity contribution < 1.29 is 0 Å². The predicted molar refractivity (Wildman–Crippen MR) is 133 cm³/mol. The first-order valence-corrected chi connectivity index (χ1v) is 10.5. The number of benzene rings is 4. The fourth-order valence-corrected chi connectivity index (χ4v) is 5.10. The molecule has 0 aliphatic heterocycles. The van der Waals surface area contributed by atoms with Crippen LogP contribution in [0.2, 0.25) is 0 Å². The van der Waals surface area contributed by atoms with E-state index in [9.17, 15) is 0 Å². The van der Waals surface area contributed by atoms with Crippen LogP contribution in [-0.2, 0) is 0 Å². The van der Waals surface area contributed by atoms with E-state index >= 15 is 0 Å². The third-order valence-electron chi connectivity index (χ3n) is 6.40. The Morgan fingerprint density at radius 3 is 1.88 bits per heavy atom. The highest BCUT2D eigenvalue weighted by molar-refractivity contribution is 6.34. The average Bonchev–Trinajstić information content (AvgIpc) is 3.27. The number of fused-ring (bicyclic) bond motifs is 13. The van der Waals surface area contributed by atoms with E-state index in [4.69, 9.17) is 18.1 Å². The van der Waals surface area contributed by atoms with Crippen molar-refractivity contribution in [1.82, 2.24) is 14.4 Å². The monoisotopic (exact) mass is 419 g/mol. The van der Waals surface area contributed by atoms with Crippen molar-refractivity contribution in [2.75, 3.05) is 0 Å². The first-order chi connectivity index (χ1) is 16.3. The summed E-state index contributed by atoms with van der Waals surface area (Å²) >= 11 is 0. The van der Waals surface area contributed by atoms with Gasteiger partial charge in [0.05, 0.1) is 11.0 Å². The summed E-state index contributed by atoms with van der Waals surface area (Å²) in [5, 5.41) is 7.61. The maximum Gasteiger partial charge on any atom is 0.295 e. The minimum Gasteiger partial charge on any atom is -0.370 e. The highest BCUT2D eigenvalue weighted by Crippen LogP contribution is 2.43. The van der Waals surface area contributed by atoms with Crippen LogP contribution in [0, 0.1) is 13.1 Å². The fraction of sp³-hybridized carbons (Fsp3) is 0. The maximum absolute atomic E-state index is 7.60.